The first kappa shape index (κ1) is 20.8. The van der Waals surface area contributed by atoms with Crippen LogP contribution < -0.4 is 10.0 Å². The third-order valence-electron chi connectivity index (χ3n) is 5.21. The maximum absolute atomic E-state index is 12.5. The minimum Gasteiger partial charge on any atom is -0.377 e. The predicted octanol–water partition coefficient (Wildman–Crippen LogP) is 0.885. The van der Waals surface area contributed by atoms with Crippen molar-refractivity contribution in [2.75, 3.05) is 26.2 Å². The molecule has 2 aliphatic heterocycles. The molecule has 1 aromatic rings. The molecule has 0 aliphatic carbocycles. The van der Waals surface area contributed by atoms with Crippen molar-refractivity contribution in [2.45, 2.75) is 49.6 Å². The second kappa shape index (κ2) is 9.02. The van der Waals surface area contributed by atoms with Crippen molar-refractivity contribution in [3.63, 3.8) is 0 Å². The molecular weight excluding hydrogens is 382 g/mol. The first-order valence-corrected chi connectivity index (χ1v) is 11.1. The average molecular weight is 410 g/mol. The summed E-state index contributed by atoms with van der Waals surface area (Å²) in [6.07, 6.45) is 3.06. The van der Waals surface area contributed by atoms with Crippen LogP contribution in [0.25, 0.3) is 0 Å². The Hall–Kier alpha value is -1.97. The van der Waals surface area contributed by atoms with Gasteiger partial charge in [0.25, 0.3) is 5.91 Å². The van der Waals surface area contributed by atoms with Crippen LogP contribution in [0, 0.1) is 0 Å². The molecule has 8 nitrogen and oxygen atoms in total. The first-order chi connectivity index (χ1) is 13.3. The Kier molecular flexibility index (Phi) is 6.69. The quantitative estimate of drug-likeness (QED) is 0.726. The number of hydrogen-bond donors (Lipinski definition) is 2. The standard InChI is InChI=1S/C19H27N3O5S/c1-14(23)22-9-7-16(8-10-22)21-19(24)15-4-2-6-18(12-15)28(25,26)20-13-17-5-3-11-27-17/h2,4,6,12,16-17,20H,3,5,7-11,13H2,1H3,(H,21,24). The number of amides is 2. The molecule has 3 rings (SSSR count). The SMILES string of the molecule is CC(=O)N1CCC(NC(=O)c2cccc(S(=O)(=O)NCC3CCCO3)c2)CC1. The normalized spacial score (nSPS) is 20.9. The summed E-state index contributed by atoms with van der Waals surface area (Å²) in [7, 11) is -3.71. The second-order valence-electron chi connectivity index (χ2n) is 7.27. The number of carbonyl (C=O) groups excluding carboxylic acids is 2. The van der Waals surface area contributed by atoms with Gasteiger partial charge in [0.15, 0.2) is 0 Å². The summed E-state index contributed by atoms with van der Waals surface area (Å²) in [6, 6.07) is 5.99. The Morgan fingerprint density at radius 1 is 1.21 bits per heavy atom. The first-order valence-electron chi connectivity index (χ1n) is 9.63. The van der Waals surface area contributed by atoms with E-state index < -0.39 is 10.0 Å². The number of carbonyl (C=O) groups is 2. The van der Waals surface area contributed by atoms with E-state index in [4.69, 9.17) is 4.74 Å². The second-order valence-corrected chi connectivity index (χ2v) is 9.04. The molecule has 1 aromatic carbocycles. The molecular formula is C19H27N3O5S. The van der Waals surface area contributed by atoms with Crippen molar-refractivity contribution in [1.29, 1.82) is 0 Å². The van der Waals surface area contributed by atoms with Crippen LogP contribution in [0.3, 0.4) is 0 Å². The molecule has 0 saturated carbocycles. The number of rotatable bonds is 6. The highest BCUT2D eigenvalue weighted by Gasteiger charge is 2.24. The fourth-order valence-electron chi connectivity index (χ4n) is 3.50. The Bertz CT molecular complexity index is 813. The van der Waals surface area contributed by atoms with Crippen LogP contribution in [0.15, 0.2) is 29.2 Å². The lowest BCUT2D eigenvalue weighted by Crippen LogP contribution is -2.46. The van der Waals surface area contributed by atoms with E-state index in [2.05, 4.69) is 10.0 Å². The monoisotopic (exact) mass is 409 g/mol. The third-order valence-corrected chi connectivity index (χ3v) is 6.63. The summed E-state index contributed by atoms with van der Waals surface area (Å²) in [5.74, 6) is -0.268. The van der Waals surface area contributed by atoms with Crippen molar-refractivity contribution < 1.29 is 22.7 Å². The minimum atomic E-state index is -3.71. The lowest BCUT2D eigenvalue weighted by Gasteiger charge is -2.31. The molecule has 0 bridgehead atoms. The van der Waals surface area contributed by atoms with Gasteiger partial charge < -0.3 is 15.0 Å². The van der Waals surface area contributed by atoms with Crippen LogP contribution in [0.2, 0.25) is 0 Å². The van der Waals surface area contributed by atoms with Crippen molar-refractivity contribution in [3.05, 3.63) is 29.8 Å². The van der Waals surface area contributed by atoms with Gasteiger partial charge >= 0.3 is 0 Å². The van der Waals surface area contributed by atoms with Gasteiger partial charge in [0.1, 0.15) is 0 Å². The molecule has 2 N–H and O–H groups in total. The van der Waals surface area contributed by atoms with E-state index in [1.54, 1.807) is 17.0 Å². The van der Waals surface area contributed by atoms with Gasteiger partial charge in [-0.05, 0) is 43.9 Å². The minimum absolute atomic E-state index is 0.0268. The molecule has 28 heavy (non-hydrogen) atoms. The van der Waals surface area contributed by atoms with Crippen molar-refractivity contribution in [3.8, 4) is 0 Å². The summed E-state index contributed by atoms with van der Waals surface area (Å²) in [4.78, 5) is 25.8. The molecule has 9 heteroatoms. The number of piperidine rings is 1. The topological polar surface area (TPSA) is 105 Å². The Morgan fingerprint density at radius 2 is 1.96 bits per heavy atom. The number of likely N-dealkylation sites (tertiary alicyclic amines) is 1. The van der Waals surface area contributed by atoms with Gasteiger partial charge in [0, 0.05) is 44.8 Å². The summed E-state index contributed by atoms with van der Waals surface area (Å²) in [6.45, 7) is 3.66. The van der Waals surface area contributed by atoms with E-state index >= 15 is 0 Å². The van der Waals surface area contributed by atoms with Crippen molar-refractivity contribution in [1.82, 2.24) is 14.9 Å². The third kappa shape index (κ3) is 5.30. The van der Waals surface area contributed by atoms with E-state index in [9.17, 15) is 18.0 Å². The summed E-state index contributed by atoms with van der Waals surface area (Å²) in [5, 5.41) is 2.94. The average Bonchev–Trinajstić information content (AvgIpc) is 3.21. The van der Waals surface area contributed by atoms with Gasteiger partial charge in [-0.25, -0.2) is 13.1 Å². The van der Waals surface area contributed by atoms with Gasteiger partial charge in [-0.2, -0.15) is 0 Å². The zero-order valence-electron chi connectivity index (χ0n) is 16.0. The summed E-state index contributed by atoms with van der Waals surface area (Å²) < 4.78 is 33.0. The van der Waals surface area contributed by atoms with Gasteiger partial charge in [0.05, 0.1) is 11.0 Å². The molecule has 1 unspecified atom stereocenters. The largest absolute Gasteiger partial charge is 0.377 e. The highest BCUT2D eigenvalue weighted by molar-refractivity contribution is 7.89. The molecule has 154 valence electrons. The molecule has 0 spiro atoms. The Balaban J connectivity index is 1.59. The van der Waals surface area contributed by atoms with Gasteiger partial charge in [-0.15, -0.1) is 0 Å². The lowest BCUT2D eigenvalue weighted by atomic mass is 10.0. The van der Waals surface area contributed by atoms with E-state index in [1.165, 1.54) is 19.1 Å². The van der Waals surface area contributed by atoms with Crippen LogP contribution in [-0.4, -0.2) is 63.5 Å². The predicted molar refractivity (Wildman–Crippen MR) is 103 cm³/mol. The molecule has 2 amide bonds. The lowest BCUT2D eigenvalue weighted by molar-refractivity contribution is -0.129. The number of hydrogen-bond acceptors (Lipinski definition) is 5. The van der Waals surface area contributed by atoms with Crippen LogP contribution in [-0.2, 0) is 19.6 Å². The molecule has 2 saturated heterocycles. The summed E-state index contributed by atoms with van der Waals surface area (Å²) in [5.41, 5.74) is 0.300. The van der Waals surface area contributed by atoms with Gasteiger partial charge in [-0.1, -0.05) is 6.07 Å². The maximum Gasteiger partial charge on any atom is 0.251 e. The zero-order chi connectivity index (χ0) is 20.1. The van der Waals surface area contributed by atoms with Gasteiger partial charge in [-0.3, -0.25) is 9.59 Å². The number of nitrogens with one attached hydrogen (secondary N) is 2. The molecule has 0 aromatic heterocycles. The molecule has 2 fully saturated rings. The highest BCUT2D eigenvalue weighted by atomic mass is 32.2. The van der Waals surface area contributed by atoms with E-state index in [1.807, 2.05) is 0 Å². The molecule has 1 atom stereocenters. The van der Waals surface area contributed by atoms with Crippen LogP contribution in [0.4, 0.5) is 0 Å². The number of benzene rings is 1. The van der Waals surface area contributed by atoms with Crippen LogP contribution in [0.5, 0.6) is 0 Å². The van der Waals surface area contributed by atoms with Crippen molar-refractivity contribution >= 4 is 21.8 Å². The van der Waals surface area contributed by atoms with Crippen LogP contribution >= 0.6 is 0 Å². The number of ether oxygens (including phenoxy) is 1. The van der Waals surface area contributed by atoms with Gasteiger partial charge in [0.2, 0.25) is 15.9 Å². The smallest absolute Gasteiger partial charge is 0.251 e. The van der Waals surface area contributed by atoms with Crippen LogP contribution in [0.1, 0.15) is 43.0 Å². The van der Waals surface area contributed by atoms with E-state index in [0.717, 1.165) is 12.8 Å². The van der Waals surface area contributed by atoms with Crippen molar-refractivity contribution in [2.24, 2.45) is 0 Å². The Labute approximate surface area is 165 Å². The van der Waals surface area contributed by atoms with E-state index in [-0.39, 0.29) is 35.4 Å². The number of nitrogens with zero attached hydrogens (tertiary/aromatic N) is 1. The fraction of sp³-hybridized carbons (Fsp3) is 0.579. The number of sulfonamides is 1. The molecule has 2 aliphatic rings. The maximum atomic E-state index is 12.5. The molecule has 0 radical (unpaired) electrons. The zero-order valence-corrected chi connectivity index (χ0v) is 16.8. The summed E-state index contributed by atoms with van der Waals surface area (Å²) >= 11 is 0. The highest BCUT2D eigenvalue weighted by Crippen LogP contribution is 2.16. The van der Waals surface area contributed by atoms with E-state index in [0.29, 0.717) is 38.1 Å². The fourth-order valence-corrected chi connectivity index (χ4v) is 4.62. The Morgan fingerprint density at radius 3 is 2.61 bits per heavy atom. The molecule has 2 heterocycles.